The number of guanidine groups is 1. The van der Waals surface area contributed by atoms with Gasteiger partial charge in [0.25, 0.3) is 0 Å². The second kappa shape index (κ2) is 14.0. The molecule has 0 heterocycles. The summed E-state index contributed by atoms with van der Waals surface area (Å²) in [6.07, 6.45) is 1.72. The van der Waals surface area contributed by atoms with Crippen molar-refractivity contribution in [2.75, 3.05) is 11.9 Å². The lowest BCUT2D eigenvalue weighted by molar-refractivity contribution is -0.138. The van der Waals surface area contributed by atoms with Crippen LogP contribution in [0.1, 0.15) is 35.2 Å². The summed E-state index contributed by atoms with van der Waals surface area (Å²) in [6.45, 7) is 0.482. The maximum Gasteiger partial charge on any atom is 0.337 e. The molecule has 0 saturated carbocycles. The number of phenolic OH excluding ortho intramolecular Hbond substituents is 1. The highest BCUT2D eigenvalue weighted by atomic mass is 16.4. The highest BCUT2D eigenvalue weighted by Crippen LogP contribution is 2.16. The van der Waals surface area contributed by atoms with E-state index in [1.807, 2.05) is 0 Å². The number of carbonyl (C=O) groups is 3. The van der Waals surface area contributed by atoms with Crippen LogP contribution >= 0.6 is 0 Å². The number of para-hydroxylation sites is 1. The van der Waals surface area contributed by atoms with E-state index in [4.69, 9.17) is 27.1 Å². The van der Waals surface area contributed by atoms with Crippen molar-refractivity contribution in [1.29, 1.82) is 5.41 Å². The van der Waals surface area contributed by atoms with Gasteiger partial charge in [0.15, 0.2) is 5.96 Å². The van der Waals surface area contributed by atoms with Crippen molar-refractivity contribution in [2.24, 2.45) is 11.5 Å². The Hall–Kier alpha value is -4.12. The first-order valence-electron chi connectivity index (χ1n) is 10.1. The maximum atomic E-state index is 11.9. The third-order valence-corrected chi connectivity index (χ3v) is 4.33. The topological polar surface area (TPSA) is 212 Å². The SMILES string of the molecule is N=C(N)NCCCC(N)C(=O)O.O=C(CCc1ccc(O)cc1)Nc1ccccc1C(=O)O. The van der Waals surface area contributed by atoms with Crippen LogP contribution in [0.25, 0.3) is 0 Å². The number of aromatic hydroxyl groups is 1. The van der Waals surface area contributed by atoms with Crippen LogP contribution in [0, 0.1) is 5.41 Å². The molecule has 1 amide bonds. The number of carbonyl (C=O) groups excluding carboxylic acids is 1. The number of aryl methyl sites for hydroxylation is 1. The fourth-order valence-corrected chi connectivity index (χ4v) is 2.58. The van der Waals surface area contributed by atoms with Gasteiger partial charge in [0.05, 0.1) is 11.3 Å². The summed E-state index contributed by atoms with van der Waals surface area (Å²) in [4.78, 5) is 33.1. The third kappa shape index (κ3) is 11.2. The Labute approximate surface area is 190 Å². The number of benzene rings is 2. The Morgan fingerprint density at radius 1 is 1.03 bits per heavy atom. The minimum atomic E-state index is -1.08. The summed E-state index contributed by atoms with van der Waals surface area (Å²) in [6, 6.07) is 12.1. The second-order valence-corrected chi connectivity index (χ2v) is 6.99. The van der Waals surface area contributed by atoms with Gasteiger partial charge in [-0.15, -0.1) is 0 Å². The number of aromatic carboxylic acids is 1. The molecule has 11 nitrogen and oxygen atoms in total. The standard InChI is InChI=1S/C16H15NO4.C6H14N4O2/c18-12-8-5-11(6-9-12)7-10-15(19)17-14-4-2-1-3-13(14)16(20)21;7-4(5(11)12)2-1-3-10-6(8)9/h1-6,8-9,18H,7,10H2,(H,17,19)(H,20,21);4H,1-3,7H2,(H,11,12)(H4,8,9,10). The molecule has 2 aromatic carbocycles. The summed E-state index contributed by atoms with van der Waals surface area (Å²) in [7, 11) is 0. The summed E-state index contributed by atoms with van der Waals surface area (Å²) < 4.78 is 0. The quantitative estimate of drug-likeness (QED) is 0.146. The molecule has 0 bridgehead atoms. The van der Waals surface area contributed by atoms with Crippen molar-refractivity contribution < 1.29 is 29.7 Å². The molecule has 0 aromatic heterocycles. The second-order valence-electron chi connectivity index (χ2n) is 6.99. The first kappa shape index (κ1) is 26.9. The van der Waals surface area contributed by atoms with Gasteiger partial charge in [-0.2, -0.15) is 0 Å². The van der Waals surface area contributed by atoms with E-state index in [1.54, 1.807) is 42.5 Å². The molecule has 1 atom stereocenters. The average Bonchev–Trinajstić information content (AvgIpc) is 2.76. The zero-order valence-electron chi connectivity index (χ0n) is 18.0. The predicted molar refractivity (Wildman–Crippen MR) is 123 cm³/mol. The summed E-state index contributed by atoms with van der Waals surface area (Å²) >= 11 is 0. The van der Waals surface area contributed by atoms with E-state index in [-0.39, 0.29) is 29.6 Å². The number of nitrogens with one attached hydrogen (secondary N) is 3. The van der Waals surface area contributed by atoms with E-state index in [9.17, 15) is 19.5 Å². The van der Waals surface area contributed by atoms with Crippen LogP contribution in [0.3, 0.4) is 0 Å². The predicted octanol–water partition coefficient (Wildman–Crippen LogP) is 1.32. The van der Waals surface area contributed by atoms with Gasteiger partial charge in [0.2, 0.25) is 5.91 Å². The van der Waals surface area contributed by atoms with Crippen LogP contribution in [0.4, 0.5) is 5.69 Å². The Balaban J connectivity index is 0.000000389. The number of amides is 1. The summed E-state index contributed by atoms with van der Waals surface area (Å²) in [5, 5.41) is 38.5. The lowest BCUT2D eigenvalue weighted by atomic mass is 10.1. The van der Waals surface area contributed by atoms with Gasteiger partial charge < -0.3 is 37.4 Å². The first-order chi connectivity index (χ1) is 15.6. The van der Waals surface area contributed by atoms with E-state index in [0.29, 0.717) is 31.5 Å². The van der Waals surface area contributed by atoms with E-state index in [0.717, 1.165) is 5.56 Å². The van der Waals surface area contributed by atoms with E-state index < -0.39 is 18.0 Å². The summed E-state index contributed by atoms with van der Waals surface area (Å²) in [5.74, 6) is -2.27. The number of carboxylic acid groups (broad SMARTS) is 2. The molecule has 2 aromatic rings. The molecule has 178 valence electrons. The molecule has 0 aliphatic carbocycles. The minimum Gasteiger partial charge on any atom is -0.508 e. The molecule has 2 rings (SSSR count). The van der Waals surface area contributed by atoms with Crippen molar-refractivity contribution in [2.45, 2.75) is 31.7 Å². The molecule has 0 aliphatic rings. The maximum absolute atomic E-state index is 11.9. The fraction of sp³-hybridized carbons (Fsp3) is 0.273. The number of nitrogens with two attached hydrogens (primary N) is 2. The minimum absolute atomic E-state index is 0.0653. The van der Waals surface area contributed by atoms with Gasteiger partial charge in [0, 0.05) is 13.0 Å². The molecule has 0 spiro atoms. The third-order valence-electron chi connectivity index (χ3n) is 4.33. The van der Waals surface area contributed by atoms with Gasteiger partial charge in [-0.05, 0) is 49.1 Å². The largest absolute Gasteiger partial charge is 0.508 e. The molecule has 1 unspecified atom stereocenters. The van der Waals surface area contributed by atoms with Gasteiger partial charge in [0.1, 0.15) is 11.8 Å². The van der Waals surface area contributed by atoms with Crippen molar-refractivity contribution in [3.05, 3.63) is 59.7 Å². The zero-order chi connectivity index (χ0) is 24.8. The number of phenols is 1. The number of hydrogen-bond acceptors (Lipinski definition) is 6. The first-order valence-corrected chi connectivity index (χ1v) is 10.1. The van der Waals surface area contributed by atoms with Crippen LogP contribution in [-0.4, -0.2) is 51.7 Å². The smallest absolute Gasteiger partial charge is 0.337 e. The Kier molecular flexibility index (Phi) is 11.5. The lowest BCUT2D eigenvalue weighted by Gasteiger charge is -2.08. The van der Waals surface area contributed by atoms with Gasteiger partial charge in [-0.25, -0.2) is 4.79 Å². The lowest BCUT2D eigenvalue weighted by Crippen LogP contribution is -2.34. The van der Waals surface area contributed by atoms with Gasteiger partial charge in [-0.3, -0.25) is 15.0 Å². The average molecular weight is 460 g/mol. The van der Waals surface area contributed by atoms with Crippen molar-refractivity contribution in [1.82, 2.24) is 5.32 Å². The molecule has 0 aliphatic heterocycles. The monoisotopic (exact) mass is 459 g/mol. The van der Waals surface area contributed by atoms with Crippen LogP contribution in [-0.2, 0) is 16.0 Å². The highest BCUT2D eigenvalue weighted by molar-refractivity contribution is 6.00. The molecule has 0 radical (unpaired) electrons. The normalized spacial score (nSPS) is 10.8. The molecule has 10 N–H and O–H groups in total. The van der Waals surface area contributed by atoms with E-state index in [2.05, 4.69) is 10.6 Å². The molecular formula is C22H29N5O6. The van der Waals surface area contributed by atoms with Crippen LogP contribution < -0.4 is 22.1 Å². The van der Waals surface area contributed by atoms with Crippen LogP contribution in [0.5, 0.6) is 5.75 Å². The Morgan fingerprint density at radius 2 is 1.67 bits per heavy atom. The van der Waals surface area contributed by atoms with Crippen molar-refractivity contribution in [3.8, 4) is 5.75 Å². The summed E-state index contributed by atoms with van der Waals surface area (Å²) in [5.41, 5.74) is 11.5. The molecular weight excluding hydrogens is 430 g/mol. The fourth-order valence-electron chi connectivity index (χ4n) is 2.58. The van der Waals surface area contributed by atoms with Gasteiger partial charge in [-0.1, -0.05) is 24.3 Å². The molecule has 33 heavy (non-hydrogen) atoms. The van der Waals surface area contributed by atoms with Crippen molar-refractivity contribution in [3.63, 3.8) is 0 Å². The molecule has 0 saturated heterocycles. The van der Waals surface area contributed by atoms with Crippen molar-refractivity contribution >= 4 is 29.5 Å². The van der Waals surface area contributed by atoms with Crippen LogP contribution in [0.2, 0.25) is 0 Å². The van der Waals surface area contributed by atoms with E-state index in [1.165, 1.54) is 6.07 Å². The number of carboxylic acids is 2. The van der Waals surface area contributed by atoms with Gasteiger partial charge >= 0.3 is 11.9 Å². The highest BCUT2D eigenvalue weighted by Gasteiger charge is 2.12. The Bertz CT molecular complexity index is 949. The van der Waals surface area contributed by atoms with Crippen LogP contribution in [0.15, 0.2) is 48.5 Å². The number of hydrogen-bond donors (Lipinski definition) is 8. The van der Waals surface area contributed by atoms with E-state index >= 15 is 0 Å². The number of anilines is 1. The molecule has 11 heteroatoms. The Morgan fingerprint density at radius 3 is 2.24 bits per heavy atom. The number of aliphatic carboxylic acids is 1. The molecule has 0 fully saturated rings. The zero-order valence-corrected chi connectivity index (χ0v) is 18.0. The number of rotatable bonds is 10.